The number of anilines is 1. The smallest absolute Gasteiger partial charge is 0.110 e. The number of hydrogen-bond acceptors (Lipinski definition) is 3. The molecule has 2 heterocycles. The fourth-order valence-electron chi connectivity index (χ4n) is 4.49. The van der Waals surface area contributed by atoms with Crippen molar-refractivity contribution in [3.05, 3.63) is 40.3 Å². The summed E-state index contributed by atoms with van der Waals surface area (Å²) in [6.07, 6.45) is 9.52. The summed E-state index contributed by atoms with van der Waals surface area (Å²) in [6, 6.07) is 11.2. The molecule has 1 aliphatic carbocycles. The van der Waals surface area contributed by atoms with Crippen LogP contribution in [-0.2, 0) is 11.8 Å². The van der Waals surface area contributed by atoms with E-state index in [1.54, 1.807) is 11.3 Å². The van der Waals surface area contributed by atoms with Gasteiger partial charge in [-0.15, -0.1) is 11.3 Å². The number of aryl methyl sites for hydroxylation is 1. The monoisotopic (exact) mass is 380 g/mol. The second-order valence-corrected chi connectivity index (χ2v) is 9.00. The molecule has 1 aromatic heterocycles. The van der Waals surface area contributed by atoms with Crippen LogP contribution in [0, 0.1) is 11.3 Å². The zero-order valence-corrected chi connectivity index (χ0v) is 16.9. The van der Waals surface area contributed by atoms with Crippen LogP contribution in [0.25, 0.3) is 10.4 Å². The van der Waals surface area contributed by atoms with Gasteiger partial charge in [-0.05, 0) is 60.6 Å². The molecule has 0 bridgehead atoms. The molecule has 0 unspecified atom stereocenters. The summed E-state index contributed by atoms with van der Waals surface area (Å²) in [5.41, 5.74) is 5.18. The Hall–Kier alpha value is -1.70. The summed E-state index contributed by atoms with van der Waals surface area (Å²) in [5.74, 6) is 0. The molecule has 4 heteroatoms. The second kappa shape index (κ2) is 7.13. The third-order valence-electron chi connectivity index (χ3n) is 5.91. The van der Waals surface area contributed by atoms with Crippen molar-refractivity contribution >= 4 is 34.2 Å². The van der Waals surface area contributed by atoms with Gasteiger partial charge in [-0.25, -0.2) is 0 Å². The van der Waals surface area contributed by atoms with Crippen molar-refractivity contribution in [2.45, 2.75) is 63.7 Å². The van der Waals surface area contributed by atoms with Crippen molar-refractivity contribution in [1.29, 1.82) is 5.26 Å². The summed E-state index contributed by atoms with van der Waals surface area (Å²) < 4.78 is 0. The molecule has 1 N–H and O–H groups in total. The summed E-state index contributed by atoms with van der Waals surface area (Å²) in [6.45, 7) is 2.21. The predicted octanol–water partition coefficient (Wildman–Crippen LogP) is 6.58. The third-order valence-corrected chi connectivity index (χ3v) is 7.53. The first kappa shape index (κ1) is 17.7. The molecule has 0 amide bonds. The lowest BCUT2D eigenvalue weighted by Gasteiger charge is -2.33. The molecule has 0 radical (unpaired) electrons. The van der Waals surface area contributed by atoms with Crippen LogP contribution in [0.3, 0.4) is 0 Å². The Bertz CT molecular complexity index is 882. The minimum absolute atomic E-state index is 0.0395. The molecule has 2 nitrogen and oxygen atoms in total. The number of hydrogen-bond donors (Lipinski definition) is 1. The second-order valence-electron chi connectivity index (χ2n) is 7.54. The highest BCUT2D eigenvalue weighted by Gasteiger charge is 2.44. The number of nitrogens with one attached hydrogen (secondary N) is 1. The Balaban J connectivity index is 1.78. The first-order valence-electron chi connectivity index (χ1n) is 9.67. The average Bonchev–Trinajstić information content (AvgIpc) is 3.20. The molecular formula is C22H24N2S2. The number of rotatable bonds is 4. The summed E-state index contributed by atoms with van der Waals surface area (Å²) in [7, 11) is 0. The SMILES string of the molecule is CCCCc1cc(C#N)sc1-c1ccc2c(c1)C1(CCCCC1)C(=S)N2. The van der Waals surface area contributed by atoms with E-state index in [0.717, 1.165) is 35.5 Å². The molecule has 0 saturated heterocycles. The fourth-order valence-corrected chi connectivity index (χ4v) is 5.92. The van der Waals surface area contributed by atoms with Crippen LogP contribution in [0.4, 0.5) is 5.69 Å². The molecule has 1 spiro atoms. The number of thiocarbonyl (C=S) groups is 1. The van der Waals surface area contributed by atoms with Crippen LogP contribution < -0.4 is 5.32 Å². The van der Waals surface area contributed by atoms with Gasteiger partial charge >= 0.3 is 0 Å². The first-order valence-corrected chi connectivity index (χ1v) is 10.9. The number of nitrogens with zero attached hydrogens (tertiary/aromatic N) is 1. The predicted molar refractivity (Wildman–Crippen MR) is 114 cm³/mol. The van der Waals surface area contributed by atoms with Gasteiger partial charge < -0.3 is 5.32 Å². The van der Waals surface area contributed by atoms with E-state index >= 15 is 0 Å². The van der Waals surface area contributed by atoms with Crippen molar-refractivity contribution in [3.63, 3.8) is 0 Å². The molecule has 1 fully saturated rings. The van der Waals surface area contributed by atoms with Crippen LogP contribution in [0.2, 0.25) is 0 Å². The summed E-state index contributed by atoms with van der Waals surface area (Å²) in [4.78, 5) is 3.09. The van der Waals surface area contributed by atoms with Gasteiger partial charge in [-0.2, -0.15) is 5.26 Å². The molecule has 2 aliphatic rings. The zero-order valence-electron chi connectivity index (χ0n) is 15.2. The largest absolute Gasteiger partial charge is 0.349 e. The number of fused-ring (bicyclic) bond motifs is 2. The standard InChI is InChI=1S/C22H24N2S2/c1-2-3-7-15-12-17(14-23)26-20(15)16-8-9-19-18(13-16)22(21(25)24-19)10-5-4-6-11-22/h8-9,12-13H,2-7,10-11H2,1H3,(H,24,25). The van der Waals surface area contributed by atoms with Crippen LogP contribution >= 0.6 is 23.6 Å². The van der Waals surface area contributed by atoms with Gasteiger partial charge in [0.05, 0.1) is 4.99 Å². The minimum Gasteiger partial charge on any atom is -0.349 e. The lowest BCUT2D eigenvalue weighted by atomic mass is 9.70. The first-order chi connectivity index (χ1) is 12.7. The number of unbranched alkanes of at least 4 members (excludes halogenated alkanes) is 1. The van der Waals surface area contributed by atoms with E-state index in [9.17, 15) is 5.26 Å². The Morgan fingerprint density at radius 3 is 2.77 bits per heavy atom. The van der Waals surface area contributed by atoms with Crippen LogP contribution in [-0.4, -0.2) is 4.99 Å². The molecular weight excluding hydrogens is 356 g/mol. The zero-order chi connectivity index (χ0) is 18.1. The van der Waals surface area contributed by atoms with E-state index in [1.807, 2.05) is 0 Å². The lowest BCUT2D eigenvalue weighted by molar-refractivity contribution is 0.389. The van der Waals surface area contributed by atoms with Crippen molar-refractivity contribution in [2.24, 2.45) is 0 Å². The Kier molecular flexibility index (Phi) is 4.86. The fraction of sp³-hybridized carbons (Fsp3) is 0.455. The molecule has 4 rings (SSSR count). The Morgan fingerprint density at radius 2 is 2.04 bits per heavy atom. The van der Waals surface area contributed by atoms with E-state index in [1.165, 1.54) is 52.9 Å². The molecule has 1 saturated carbocycles. The van der Waals surface area contributed by atoms with Crippen LogP contribution in [0.1, 0.15) is 67.9 Å². The van der Waals surface area contributed by atoms with Gasteiger partial charge in [0, 0.05) is 16.0 Å². The molecule has 1 aliphatic heterocycles. The highest BCUT2D eigenvalue weighted by molar-refractivity contribution is 7.80. The van der Waals surface area contributed by atoms with Crippen LogP contribution in [0.15, 0.2) is 24.3 Å². The number of benzene rings is 1. The van der Waals surface area contributed by atoms with Gasteiger partial charge in [0.1, 0.15) is 10.9 Å². The topological polar surface area (TPSA) is 35.8 Å². The van der Waals surface area contributed by atoms with E-state index < -0.39 is 0 Å². The molecule has 134 valence electrons. The van der Waals surface area contributed by atoms with E-state index in [-0.39, 0.29) is 5.41 Å². The lowest BCUT2D eigenvalue weighted by Crippen LogP contribution is -2.35. The number of thiophene rings is 1. The van der Waals surface area contributed by atoms with Crippen molar-refractivity contribution in [1.82, 2.24) is 0 Å². The summed E-state index contributed by atoms with van der Waals surface area (Å²) in [5, 5.41) is 12.9. The van der Waals surface area contributed by atoms with Gasteiger partial charge in [0.25, 0.3) is 0 Å². The van der Waals surface area contributed by atoms with E-state index in [0.29, 0.717) is 0 Å². The maximum absolute atomic E-state index is 9.37. The Labute approximate surface area is 165 Å². The van der Waals surface area contributed by atoms with Crippen molar-refractivity contribution in [2.75, 3.05) is 5.32 Å². The minimum atomic E-state index is 0.0395. The molecule has 2 aromatic rings. The molecule has 0 atom stereocenters. The molecule has 26 heavy (non-hydrogen) atoms. The van der Waals surface area contributed by atoms with E-state index in [2.05, 4.69) is 42.6 Å². The summed E-state index contributed by atoms with van der Waals surface area (Å²) >= 11 is 7.40. The van der Waals surface area contributed by atoms with Gasteiger partial charge in [0.15, 0.2) is 0 Å². The van der Waals surface area contributed by atoms with Crippen molar-refractivity contribution < 1.29 is 0 Å². The third kappa shape index (κ3) is 2.88. The van der Waals surface area contributed by atoms with Gasteiger partial charge in [-0.3, -0.25) is 0 Å². The highest BCUT2D eigenvalue weighted by Crippen LogP contribution is 2.49. The number of nitriles is 1. The quantitative estimate of drug-likeness (QED) is 0.608. The maximum atomic E-state index is 9.37. The van der Waals surface area contributed by atoms with Gasteiger partial charge in [0.2, 0.25) is 0 Å². The van der Waals surface area contributed by atoms with Gasteiger partial charge in [-0.1, -0.05) is 50.9 Å². The highest BCUT2D eigenvalue weighted by atomic mass is 32.1. The van der Waals surface area contributed by atoms with E-state index in [4.69, 9.17) is 12.2 Å². The average molecular weight is 381 g/mol. The van der Waals surface area contributed by atoms with Crippen LogP contribution in [0.5, 0.6) is 0 Å². The van der Waals surface area contributed by atoms with Crippen molar-refractivity contribution in [3.8, 4) is 16.5 Å². The molecule has 1 aromatic carbocycles. The Morgan fingerprint density at radius 1 is 1.23 bits per heavy atom. The normalized spacial score (nSPS) is 17.8. The maximum Gasteiger partial charge on any atom is 0.110 e.